The monoisotopic (exact) mass is 290 g/mol. The number of nitrogens with one attached hydrogen (secondary N) is 2. The molecule has 5 heteroatoms. The third-order valence-corrected chi connectivity index (χ3v) is 3.71. The van der Waals surface area contributed by atoms with Crippen LogP contribution in [-0.2, 0) is 11.2 Å². The Morgan fingerprint density at radius 1 is 1.14 bits per heavy atom. The van der Waals surface area contributed by atoms with Gasteiger partial charge in [-0.15, -0.1) is 0 Å². The fraction of sp³-hybridized carbons (Fsp3) is 0.118. The van der Waals surface area contributed by atoms with Crippen molar-refractivity contribution in [1.82, 2.24) is 9.97 Å². The normalized spacial score (nSPS) is 13.0. The Balaban J connectivity index is 1.75. The van der Waals surface area contributed by atoms with E-state index in [2.05, 4.69) is 20.6 Å². The minimum Gasteiger partial charge on any atom is -0.340 e. The molecule has 0 unspecified atom stereocenters. The Labute approximate surface area is 127 Å². The van der Waals surface area contributed by atoms with Crippen LogP contribution in [0.25, 0.3) is 10.9 Å². The van der Waals surface area contributed by atoms with Crippen LogP contribution in [0.2, 0.25) is 0 Å². The molecule has 0 spiro atoms. The van der Waals surface area contributed by atoms with Crippen molar-refractivity contribution in [2.75, 3.05) is 10.6 Å². The standard InChI is InChI=1S/C17H14N4O/c1-10-18-15-5-3-2-4-13(15)17(19-10)20-12-6-7-14-11(8-12)9-16(22)21-14/h2-8H,9H2,1H3,(H,21,22)(H,18,19,20). The topological polar surface area (TPSA) is 66.9 Å². The lowest BCUT2D eigenvalue weighted by Gasteiger charge is -2.10. The minimum absolute atomic E-state index is 0.0375. The predicted molar refractivity (Wildman–Crippen MR) is 86.3 cm³/mol. The maximum atomic E-state index is 11.4. The number of anilines is 3. The zero-order valence-electron chi connectivity index (χ0n) is 12.1. The molecule has 1 aliphatic heterocycles. The fourth-order valence-electron chi connectivity index (χ4n) is 2.73. The fourth-order valence-corrected chi connectivity index (χ4v) is 2.73. The van der Waals surface area contributed by atoms with E-state index >= 15 is 0 Å². The summed E-state index contributed by atoms with van der Waals surface area (Å²) in [6.45, 7) is 1.88. The molecular weight excluding hydrogens is 276 g/mol. The average molecular weight is 290 g/mol. The second kappa shape index (κ2) is 4.80. The van der Waals surface area contributed by atoms with Gasteiger partial charge >= 0.3 is 0 Å². The van der Waals surface area contributed by atoms with Crippen molar-refractivity contribution in [2.24, 2.45) is 0 Å². The lowest BCUT2D eigenvalue weighted by Crippen LogP contribution is -2.03. The summed E-state index contributed by atoms with van der Waals surface area (Å²) >= 11 is 0. The van der Waals surface area contributed by atoms with Crippen molar-refractivity contribution in [3.05, 3.63) is 53.9 Å². The van der Waals surface area contributed by atoms with Gasteiger partial charge in [-0.2, -0.15) is 0 Å². The molecule has 108 valence electrons. The summed E-state index contributed by atoms with van der Waals surface area (Å²) in [7, 11) is 0. The third kappa shape index (κ3) is 2.16. The van der Waals surface area contributed by atoms with Gasteiger partial charge in [-0.05, 0) is 42.8 Å². The molecule has 0 radical (unpaired) electrons. The van der Waals surface area contributed by atoms with Crippen LogP contribution in [0.15, 0.2) is 42.5 Å². The zero-order valence-corrected chi connectivity index (χ0v) is 12.1. The van der Waals surface area contributed by atoms with E-state index in [4.69, 9.17) is 0 Å². The Hall–Kier alpha value is -2.95. The first-order valence-corrected chi connectivity index (χ1v) is 7.12. The number of hydrogen-bond acceptors (Lipinski definition) is 4. The van der Waals surface area contributed by atoms with Gasteiger partial charge in [0.15, 0.2) is 0 Å². The largest absolute Gasteiger partial charge is 0.340 e. The lowest BCUT2D eigenvalue weighted by molar-refractivity contribution is -0.115. The van der Waals surface area contributed by atoms with Crippen LogP contribution in [0.5, 0.6) is 0 Å². The zero-order chi connectivity index (χ0) is 15.1. The summed E-state index contributed by atoms with van der Waals surface area (Å²) in [5.41, 5.74) is 3.72. The number of aryl methyl sites for hydroxylation is 1. The molecule has 0 fully saturated rings. The van der Waals surface area contributed by atoms with E-state index in [1.54, 1.807) is 0 Å². The molecule has 0 saturated heterocycles. The van der Waals surface area contributed by atoms with E-state index < -0.39 is 0 Å². The third-order valence-electron chi connectivity index (χ3n) is 3.71. The predicted octanol–water partition coefficient (Wildman–Crippen LogP) is 3.18. The Kier molecular flexibility index (Phi) is 2.79. The highest BCUT2D eigenvalue weighted by Crippen LogP contribution is 2.29. The van der Waals surface area contributed by atoms with E-state index in [0.29, 0.717) is 6.42 Å². The number of para-hydroxylation sites is 1. The molecule has 2 aromatic carbocycles. The van der Waals surface area contributed by atoms with Crippen molar-refractivity contribution in [3.63, 3.8) is 0 Å². The van der Waals surface area contributed by atoms with Crippen LogP contribution in [0.4, 0.5) is 17.2 Å². The van der Waals surface area contributed by atoms with Crippen molar-refractivity contribution >= 4 is 34.0 Å². The molecule has 1 amide bonds. The van der Waals surface area contributed by atoms with E-state index in [1.807, 2.05) is 49.4 Å². The van der Waals surface area contributed by atoms with Crippen molar-refractivity contribution in [3.8, 4) is 0 Å². The van der Waals surface area contributed by atoms with Gasteiger partial charge < -0.3 is 10.6 Å². The van der Waals surface area contributed by atoms with Crippen molar-refractivity contribution < 1.29 is 4.79 Å². The van der Waals surface area contributed by atoms with Gasteiger partial charge in [-0.25, -0.2) is 9.97 Å². The number of fused-ring (bicyclic) bond motifs is 2. The van der Waals surface area contributed by atoms with Gasteiger partial charge in [0.25, 0.3) is 0 Å². The maximum absolute atomic E-state index is 11.4. The van der Waals surface area contributed by atoms with E-state index in [9.17, 15) is 4.79 Å². The van der Waals surface area contributed by atoms with E-state index in [0.717, 1.165) is 39.5 Å². The van der Waals surface area contributed by atoms with Crippen LogP contribution in [0.1, 0.15) is 11.4 Å². The molecule has 22 heavy (non-hydrogen) atoms. The molecular formula is C17H14N4O. The second-order valence-corrected chi connectivity index (χ2v) is 5.36. The summed E-state index contributed by atoms with van der Waals surface area (Å²) < 4.78 is 0. The molecule has 2 heterocycles. The summed E-state index contributed by atoms with van der Waals surface area (Å²) in [6.07, 6.45) is 0.425. The first-order chi connectivity index (χ1) is 10.7. The van der Waals surface area contributed by atoms with Gasteiger partial charge in [0.1, 0.15) is 11.6 Å². The SMILES string of the molecule is Cc1nc(Nc2ccc3c(c2)CC(=O)N3)c2ccccc2n1. The number of aromatic nitrogens is 2. The highest BCUT2D eigenvalue weighted by molar-refractivity contribution is 5.99. The average Bonchev–Trinajstić information content (AvgIpc) is 2.86. The molecule has 5 nitrogen and oxygen atoms in total. The summed E-state index contributed by atoms with van der Waals surface area (Å²) in [5.74, 6) is 1.54. The summed E-state index contributed by atoms with van der Waals surface area (Å²) in [5, 5.41) is 7.15. The molecule has 0 bridgehead atoms. The number of nitrogens with zero attached hydrogens (tertiary/aromatic N) is 2. The molecule has 0 aliphatic carbocycles. The number of carbonyl (C=O) groups excluding carboxylic acids is 1. The van der Waals surface area contributed by atoms with E-state index in [1.165, 1.54) is 0 Å². The van der Waals surface area contributed by atoms with E-state index in [-0.39, 0.29) is 5.91 Å². The Morgan fingerprint density at radius 3 is 2.91 bits per heavy atom. The Morgan fingerprint density at radius 2 is 2.00 bits per heavy atom. The molecule has 1 aliphatic rings. The smallest absolute Gasteiger partial charge is 0.228 e. The van der Waals surface area contributed by atoms with Crippen LogP contribution in [0, 0.1) is 6.92 Å². The highest BCUT2D eigenvalue weighted by atomic mass is 16.1. The van der Waals surface area contributed by atoms with Gasteiger partial charge in [0.2, 0.25) is 5.91 Å². The number of amides is 1. The van der Waals surface area contributed by atoms with Crippen LogP contribution in [-0.4, -0.2) is 15.9 Å². The highest BCUT2D eigenvalue weighted by Gasteiger charge is 2.17. The number of benzene rings is 2. The van der Waals surface area contributed by atoms with Crippen molar-refractivity contribution in [2.45, 2.75) is 13.3 Å². The molecule has 0 atom stereocenters. The van der Waals surface area contributed by atoms with Crippen LogP contribution >= 0.6 is 0 Å². The first-order valence-electron chi connectivity index (χ1n) is 7.12. The molecule has 2 N–H and O–H groups in total. The van der Waals surface area contributed by atoms with Gasteiger partial charge in [-0.1, -0.05) is 12.1 Å². The number of rotatable bonds is 2. The van der Waals surface area contributed by atoms with Crippen LogP contribution < -0.4 is 10.6 Å². The van der Waals surface area contributed by atoms with Crippen LogP contribution in [0.3, 0.4) is 0 Å². The quantitative estimate of drug-likeness (QED) is 0.760. The number of carbonyl (C=O) groups is 1. The minimum atomic E-state index is 0.0375. The van der Waals surface area contributed by atoms with Crippen molar-refractivity contribution in [1.29, 1.82) is 0 Å². The van der Waals surface area contributed by atoms with Gasteiger partial charge in [-0.3, -0.25) is 4.79 Å². The second-order valence-electron chi connectivity index (χ2n) is 5.36. The lowest BCUT2D eigenvalue weighted by atomic mass is 10.1. The first kappa shape index (κ1) is 12.8. The summed E-state index contributed by atoms with van der Waals surface area (Å²) in [4.78, 5) is 20.4. The van der Waals surface area contributed by atoms with Gasteiger partial charge in [0, 0.05) is 16.8 Å². The molecule has 4 rings (SSSR count). The number of hydrogen-bond donors (Lipinski definition) is 2. The molecule has 0 saturated carbocycles. The summed E-state index contributed by atoms with van der Waals surface area (Å²) in [6, 6.07) is 13.7. The molecule has 3 aromatic rings. The maximum Gasteiger partial charge on any atom is 0.228 e. The van der Waals surface area contributed by atoms with Gasteiger partial charge in [0.05, 0.1) is 11.9 Å². The molecule has 1 aromatic heterocycles. The Bertz CT molecular complexity index is 904.